The molecule has 1 aliphatic heterocycles. The third kappa shape index (κ3) is 2.23. The average Bonchev–Trinajstić information content (AvgIpc) is 2.75. The average molecular weight is 284 g/mol. The lowest BCUT2D eigenvalue weighted by atomic mass is 10.0. The van der Waals surface area contributed by atoms with Crippen molar-refractivity contribution >= 4 is 23.2 Å². The van der Waals surface area contributed by atoms with Gasteiger partial charge in [0.25, 0.3) is 5.91 Å². The summed E-state index contributed by atoms with van der Waals surface area (Å²) in [6.07, 6.45) is 1.70. The van der Waals surface area contributed by atoms with Gasteiger partial charge in [-0.2, -0.15) is 0 Å². The molecule has 0 radical (unpaired) electrons. The molecule has 1 heterocycles. The summed E-state index contributed by atoms with van der Waals surface area (Å²) in [5.74, 6) is 0.0219. The molecule has 0 N–H and O–H groups in total. The van der Waals surface area contributed by atoms with Gasteiger partial charge in [-0.1, -0.05) is 41.9 Å². The summed E-state index contributed by atoms with van der Waals surface area (Å²) in [5, 5.41) is 0.700. The first-order valence-corrected chi connectivity index (χ1v) is 6.86. The van der Waals surface area contributed by atoms with E-state index in [1.807, 2.05) is 66.4 Å². The largest absolute Gasteiger partial charge is 0.298 e. The number of hydrogen-bond acceptors (Lipinski definition) is 1. The maximum absolute atomic E-state index is 12.3. The van der Waals surface area contributed by atoms with Crippen LogP contribution in [0.3, 0.4) is 0 Å². The van der Waals surface area contributed by atoms with Gasteiger partial charge in [0.2, 0.25) is 0 Å². The molecule has 0 saturated carbocycles. The number of para-hydroxylation sites is 1. The maximum atomic E-state index is 12.3. The minimum atomic E-state index is -0.0535. The van der Waals surface area contributed by atoms with Gasteiger partial charge in [0.05, 0.1) is 6.04 Å². The predicted molar refractivity (Wildman–Crippen MR) is 81.9 cm³/mol. The quantitative estimate of drug-likeness (QED) is 0.801. The lowest BCUT2D eigenvalue weighted by Gasteiger charge is -2.27. The van der Waals surface area contributed by atoms with Crippen molar-refractivity contribution in [1.82, 2.24) is 0 Å². The summed E-state index contributed by atoms with van der Waals surface area (Å²) in [7, 11) is 0. The lowest BCUT2D eigenvalue weighted by Crippen LogP contribution is -2.28. The van der Waals surface area contributed by atoms with Gasteiger partial charge < -0.3 is 0 Å². The number of hydrogen-bond donors (Lipinski definition) is 0. The Bertz CT molecular complexity index is 661. The smallest absolute Gasteiger partial charge is 0.251 e. The van der Waals surface area contributed by atoms with Gasteiger partial charge in [0.1, 0.15) is 0 Å². The van der Waals surface area contributed by atoms with E-state index in [-0.39, 0.29) is 11.9 Å². The minimum Gasteiger partial charge on any atom is -0.298 e. The van der Waals surface area contributed by atoms with Crippen LogP contribution in [0, 0.1) is 0 Å². The van der Waals surface area contributed by atoms with Crippen LogP contribution in [0.25, 0.3) is 0 Å². The highest BCUT2D eigenvalue weighted by Gasteiger charge is 2.32. The highest BCUT2D eigenvalue weighted by molar-refractivity contribution is 6.30. The zero-order valence-corrected chi connectivity index (χ0v) is 11.8. The molecule has 2 aromatic carbocycles. The first-order valence-electron chi connectivity index (χ1n) is 6.49. The van der Waals surface area contributed by atoms with Crippen molar-refractivity contribution in [3.8, 4) is 0 Å². The van der Waals surface area contributed by atoms with E-state index in [4.69, 9.17) is 11.6 Å². The molecule has 2 aromatic rings. The Morgan fingerprint density at radius 2 is 1.65 bits per heavy atom. The first kappa shape index (κ1) is 12.9. The number of carbonyl (C=O) groups excluding carboxylic acids is 1. The summed E-state index contributed by atoms with van der Waals surface area (Å²) in [5.41, 5.74) is 3.02. The zero-order chi connectivity index (χ0) is 14.1. The minimum absolute atomic E-state index is 0.0219. The molecule has 0 spiro atoms. The first-order chi connectivity index (χ1) is 9.66. The van der Waals surface area contributed by atoms with Crippen molar-refractivity contribution in [3.05, 3.63) is 76.8 Å². The Kier molecular flexibility index (Phi) is 3.33. The Morgan fingerprint density at radius 1 is 1.00 bits per heavy atom. The van der Waals surface area contributed by atoms with Crippen LogP contribution in [0.4, 0.5) is 5.69 Å². The van der Waals surface area contributed by atoms with Crippen molar-refractivity contribution < 1.29 is 4.79 Å². The molecule has 0 fully saturated rings. The molecule has 20 heavy (non-hydrogen) atoms. The summed E-state index contributed by atoms with van der Waals surface area (Å²) < 4.78 is 0. The second-order valence-electron chi connectivity index (χ2n) is 4.89. The number of rotatable bonds is 2. The van der Waals surface area contributed by atoms with Crippen LogP contribution >= 0.6 is 11.6 Å². The summed E-state index contributed by atoms with van der Waals surface area (Å²) in [4.78, 5) is 14.1. The number of carbonyl (C=O) groups is 1. The van der Waals surface area contributed by atoms with Gasteiger partial charge in [-0.3, -0.25) is 9.69 Å². The van der Waals surface area contributed by atoms with Crippen molar-refractivity contribution in [3.63, 3.8) is 0 Å². The summed E-state index contributed by atoms with van der Waals surface area (Å²) >= 11 is 5.94. The topological polar surface area (TPSA) is 20.3 Å². The fourth-order valence-corrected chi connectivity index (χ4v) is 2.72. The summed E-state index contributed by atoms with van der Waals surface area (Å²) in [6, 6.07) is 17.3. The third-order valence-corrected chi connectivity index (χ3v) is 3.75. The molecule has 1 aliphatic rings. The highest BCUT2D eigenvalue weighted by atomic mass is 35.5. The zero-order valence-electron chi connectivity index (χ0n) is 11.1. The number of halogens is 1. The number of benzene rings is 2. The Balaban J connectivity index is 2.04. The fraction of sp³-hybridized carbons (Fsp3) is 0.118. The lowest BCUT2D eigenvalue weighted by molar-refractivity contribution is -0.113. The van der Waals surface area contributed by atoms with Crippen LogP contribution in [0.1, 0.15) is 18.5 Å². The fourth-order valence-electron chi connectivity index (χ4n) is 2.60. The highest BCUT2D eigenvalue weighted by Crippen LogP contribution is 2.37. The Hall–Kier alpha value is -2.06. The Morgan fingerprint density at radius 3 is 2.30 bits per heavy atom. The molecule has 3 heteroatoms. The molecule has 0 saturated heterocycles. The van der Waals surface area contributed by atoms with Crippen LogP contribution < -0.4 is 4.90 Å². The van der Waals surface area contributed by atoms with Gasteiger partial charge in [-0.25, -0.2) is 0 Å². The van der Waals surface area contributed by atoms with Gasteiger partial charge in [0, 0.05) is 16.8 Å². The van der Waals surface area contributed by atoms with E-state index in [9.17, 15) is 4.79 Å². The second-order valence-corrected chi connectivity index (χ2v) is 5.32. The van der Waals surface area contributed by atoms with Crippen molar-refractivity contribution in [2.45, 2.75) is 13.0 Å². The molecule has 2 nitrogen and oxygen atoms in total. The van der Waals surface area contributed by atoms with E-state index < -0.39 is 0 Å². The van der Waals surface area contributed by atoms with E-state index >= 15 is 0 Å². The third-order valence-electron chi connectivity index (χ3n) is 3.50. The molecular formula is C17H14ClNO. The molecular weight excluding hydrogens is 270 g/mol. The van der Waals surface area contributed by atoms with Crippen LogP contribution in [-0.4, -0.2) is 5.91 Å². The van der Waals surface area contributed by atoms with Gasteiger partial charge in [-0.05, 0) is 42.3 Å². The van der Waals surface area contributed by atoms with E-state index in [2.05, 4.69) is 0 Å². The van der Waals surface area contributed by atoms with Crippen LogP contribution in [0.15, 0.2) is 66.2 Å². The van der Waals surface area contributed by atoms with Crippen molar-refractivity contribution in [1.29, 1.82) is 0 Å². The normalized spacial score (nSPS) is 18.3. The predicted octanol–water partition coefficient (Wildman–Crippen LogP) is 4.37. The van der Waals surface area contributed by atoms with Crippen LogP contribution in [-0.2, 0) is 4.79 Å². The maximum Gasteiger partial charge on any atom is 0.251 e. The van der Waals surface area contributed by atoms with Crippen molar-refractivity contribution in [2.24, 2.45) is 0 Å². The number of nitrogens with zero attached hydrogens (tertiary/aromatic N) is 1. The molecule has 1 atom stereocenters. The molecule has 0 unspecified atom stereocenters. The van der Waals surface area contributed by atoms with E-state index in [0.717, 1.165) is 16.8 Å². The molecule has 0 bridgehead atoms. The standard InChI is InChI=1S/C17H14ClNO/c1-12-11-16(20)19(15-5-3-2-4-6-15)17(12)13-7-9-14(18)10-8-13/h2-11,17H,1H3/t17-/m1/s1. The number of anilines is 1. The Labute approximate surface area is 123 Å². The SMILES string of the molecule is CC1=CC(=O)N(c2ccccc2)[C@H]1c1ccc(Cl)cc1. The van der Waals surface area contributed by atoms with Crippen LogP contribution in [0.5, 0.6) is 0 Å². The summed E-state index contributed by atoms with van der Waals surface area (Å²) in [6.45, 7) is 1.99. The van der Waals surface area contributed by atoms with Crippen molar-refractivity contribution in [2.75, 3.05) is 4.90 Å². The van der Waals surface area contributed by atoms with E-state index in [1.54, 1.807) is 6.08 Å². The van der Waals surface area contributed by atoms with Gasteiger partial charge in [-0.15, -0.1) is 0 Å². The second kappa shape index (κ2) is 5.14. The molecule has 0 aliphatic carbocycles. The molecule has 0 aromatic heterocycles. The number of amides is 1. The van der Waals surface area contributed by atoms with Gasteiger partial charge >= 0.3 is 0 Å². The van der Waals surface area contributed by atoms with E-state index in [1.165, 1.54) is 0 Å². The van der Waals surface area contributed by atoms with Crippen LogP contribution in [0.2, 0.25) is 5.02 Å². The monoisotopic (exact) mass is 283 g/mol. The molecule has 3 rings (SSSR count). The molecule has 1 amide bonds. The van der Waals surface area contributed by atoms with Gasteiger partial charge in [0.15, 0.2) is 0 Å². The van der Waals surface area contributed by atoms with E-state index in [0.29, 0.717) is 5.02 Å². The molecule has 100 valence electrons.